The lowest BCUT2D eigenvalue weighted by atomic mass is 10.0. The van der Waals surface area contributed by atoms with Gasteiger partial charge in [-0.1, -0.05) is 29.3 Å². The Labute approximate surface area is 113 Å². The highest BCUT2D eigenvalue weighted by atomic mass is 35.5. The highest BCUT2D eigenvalue weighted by Gasteiger charge is 2.13. The molecule has 2 nitrogen and oxygen atoms in total. The fourth-order valence-electron chi connectivity index (χ4n) is 1.53. The van der Waals surface area contributed by atoms with Crippen molar-refractivity contribution in [1.82, 2.24) is 4.98 Å². The van der Waals surface area contributed by atoms with E-state index >= 15 is 0 Å². The van der Waals surface area contributed by atoms with Crippen LogP contribution in [0.15, 0.2) is 36.7 Å². The molecule has 0 saturated carbocycles. The predicted octanol–water partition coefficient (Wildman–Crippen LogP) is 3.95. The molecule has 0 aliphatic carbocycles. The Morgan fingerprint density at radius 2 is 1.89 bits per heavy atom. The van der Waals surface area contributed by atoms with Crippen molar-refractivity contribution in [2.24, 2.45) is 0 Å². The van der Waals surface area contributed by atoms with Crippen LogP contribution in [-0.2, 0) is 6.42 Å². The summed E-state index contributed by atoms with van der Waals surface area (Å²) in [7, 11) is 0. The zero-order valence-corrected chi connectivity index (χ0v) is 10.7. The van der Waals surface area contributed by atoms with Gasteiger partial charge in [-0.15, -0.1) is 0 Å². The number of hydrogen-bond donors (Lipinski definition) is 0. The van der Waals surface area contributed by atoms with E-state index in [9.17, 15) is 9.18 Å². The highest BCUT2D eigenvalue weighted by Crippen LogP contribution is 2.25. The average Bonchev–Trinajstić information content (AvgIpc) is 2.34. The molecule has 0 atom stereocenters. The molecule has 18 heavy (non-hydrogen) atoms. The van der Waals surface area contributed by atoms with Gasteiger partial charge in [-0.3, -0.25) is 9.78 Å². The van der Waals surface area contributed by atoms with Gasteiger partial charge < -0.3 is 0 Å². The van der Waals surface area contributed by atoms with E-state index in [-0.39, 0.29) is 17.8 Å². The van der Waals surface area contributed by atoms with E-state index in [4.69, 9.17) is 23.2 Å². The first kappa shape index (κ1) is 13.0. The Morgan fingerprint density at radius 3 is 2.50 bits per heavy atom. The zero-order valence-electron chi connectivity index (χ0n) is 9.16. The molecule has 0 aliphatic heterocycles. The summed E-state index contributed by atoms with van der Waals surface area (Å²) in [6.07, 6.45) is 2.37. The Kier molecular flexibility index (Phi) is 3.94. The van der Waals surface area contributed by atoms with Crippen LogP contribution in [0.5, 0.6) is 0 Å². The van der Waals surface area contributed by atoms with Crippen LogP contribution in [0, 0.1) is 5.82 Å². The summed E-state index contributed by atoms with van der Waals surface area (Å²) < 4.78 is 13.0. The molecule has 0 amide bonds. The van der Waals surface area contributed by atoms with Gasteiger partial charge in [0.25, 0.3) is 0 Å². The second kappa shape index (κ2) is 5.46. The SMILES string of the molecule is O=C(Cc1c(Cl)cccc1Cl)c1cncc(F)c1. The minimum absolute atomic E-state index is 0.0175. The van der Waals surface area contributed by atoms with Crippen LogP contribution in [0.2, 0.25) is 10.0 Å². The number of carbonyl (C=O) groups is 1. The molecule has 1 aromatic heterocycles. The first-order valence-electron chi connectivity index (χ1n) is 5.14. The molecule has 0 N–H and O–H groups in total. The predicted molar refractivity (Wildman–Crippen MR) is 68.7 cm³/mol. The highest BCUT2D eigenvalue weighted by molar-refractivity contribution is 6.36. The molecular weight excluding hydrogens is 276 g/mol. The zero-order chi connectivity index (χ0) is 13.1. The Balaban J connectivity index is 2.27. The molecule has 5 heteroatoms. The first-order chi connectivity index (χ1) is 8.58. The standard InChI is InChI=1S/C13H8Cl2FNO/c14-11-2-1-3-12(15)10(11)5-13(18)8-4-9(16)7-17-6-8/h1-4,6-7H,5H2. The molecule has 0 unspecified atom stereocenters. The molecule has 1 heterocycles. The molecule has 0 fully saturated rings. The van der Waals surface area contributed by atoms with E-state index in [0.29, 0.717) is 15.6 Å². The molecule has 0 spiro atoms. The van der Waals surface area contributed by atoms with Gasteiger partial charge in [0.1, 0.15) is 5.82 Å². The maximum atomic E-state index is 13.0. The van der Waals surface area contributed by atoms with Crippen molar-refractivity contribution in [3.05, 3.63) is 63.6 Å². The first-order valence-corrected chi connectivity index (χ1v) is 5.90. The van der Waals surface area contributed by atoms with Crippen LogP contribution >= 0.6 is 23.2 Å². The molecule has 0 saturated heterocycles. The van der Waals surface area contributed by atoms with Crippen molar-refractivity contribution in [2.45, 2.75) is 6.42 Å². The van der Waals surface area contributed by atoms with E-state index < -0.39 is 5.82 Å². The number of benzene rings is 1. The lowest BCUT2D eigenvalue weighted by Gasteiger charge is -2.06. The largest absolute Gasteiger partial charge is 0.294 e. The Morgan fingerprint density at radius 1 is 1.22 bits per heavy atom. The summed E-state index contributed by atoms with van der Waals surface area (Å²) in [4.78, 5) is 15.6. The van der Waals surface area contributed by atoms with Gasteiger partial charge in [-0.2, -0.15) is 0 Å². The third kappa shape index (κ3) is 2.86. The lowest BCUT2D eigenvalue weighted by Crippen LogP contribution is -2.05. The van der Waals surface area contributed by atoms with Crippen LogP contribution in [-0.4, -0.2) is 10.8 Å². The van der Waals surface area contributed by atoms with Crippen molar-refractivity contribution >= 4 is 29.0 Å². The molecular formula is C13H8Cl2FNO. The number of ketones is 1. The van der Waals surface area contributed by atoms with Crippen LogP contribution < -0.4 is 0 Å². The van der Waals surface area contributed by atoms with Crippen molar-refractivity contribution in [3.63, 3.8) is 0 Å². The number of nitrogens with zero attached hydrogens (tertiary/aromatic N) is 1. The van der Waals surface area contributed by atoms with Gasteiger partial charge in [-0.25, -0.2) is 4.39 Å². The van der Waals surface area contributed by atoms with Crippen molar-refractivity contribution < 1.29 is 9.18 Å². The molecule has 92 valence electrons. The molecule has 2 aromatic rings. The van der Waals surface area contributed by atoms with E-state index in [2.05, 4.69) is 4.98 Å². The van der Waals surface area contributed by atoms with Crippen LogP contribution in [0.3, 0.4) is 0 Å². The van der Waals surface area contributed by atoms with Gasteiger partial charge in [-0.05, 0) is 23.8 Å². The number of carbonyl (C=O) groups excluding carboxylic acids is 1. The van der Waals surface area contributed by atoms with Crippen LogP contribution in [0.25, 0.3) is 0 Å². The maximum absolute atomic E-state index is 13.0. The summed E-state index contributed by atoms with van der Waals surface area (Å²) >= 11 is 11.9. The smallest absolute Gasteiger partial charge is 0.168 e. The van der Waals surface area contributed by atoms with E-state index in [0.717, 1.165) is 12.3 Å². The normalized spacial score (nSPS) is 10.4. The summed E-state index contributed by atoms with van der Waals surface area (Å²) in [5.41, 5.74) is 0.737. The maximum Gasteiger partial charge on any atom is 0.168 e. The quantitative estimate of drug-likeness (QED) is 0.799. The van der Waals surface area contributed by atoms with Crippen molar-refractivity contribution in [1.29, 1.82) is 0 Å². The summed E-state index contributed by atoms with van der Waals surface area (Å²) in [5, 5.41) is 0.834. The average molecular weight is 284 g/mol. The molecule has 2 rings (SSSR count). The van der Waals surface area contributed by atoms with Crippen LogP contribution in [0.4, 0.5) is 4.39 Å². The summed E-state index contributed by atoms with van der Waals surface area (Å²) in [6, 6.07) is 6.14. The minimum atomic E-state index is -0.550. The van der Waals surface area contributed by atoms with Crippen molar-refractivity contribution in [2.75, 3.05) is 0 Å². The van der Waals surface area contributed by atoms with E-state index in [1.165, 1.54) is 6.20 Å². The molecule has 1 aromatic carbocycles. The Bertz CT molecular complexity index is 581. The molecule has 0 radical (unpaired) electrons. The molecule has 0 aliphatic rings. The Hall–Kier alpha value is -1.45. The van der Waals surface area contributed by atoms with Gasteiger partial charge in [0, 0.05) is 28.2 Å². The number of halogens is 3. The monoisotopic (exact) mass is 283 g/mol. The van der Waals surface area contributed by atoms with Gasteiger partial charge in [0.2, 0.25) is 0 Å². The van der Waals surface area contributed by atoms with Gasteiger partial charge >= 0.3 is 0 Å². The number of pyridine rings is 1. The third-order valence-electron chi connectivity index (χ3n) is 2.43. The van der Waals surface area contributed by atoms with E-state index in [1.807, 2.05) is 0 Å². The van der Waals surface area contributed by atoms with Crippen LogP contribution in [0.1, 0.15) is 15.9 Å². The van der Waals surface area contributed by atoms with E-state index in [1.54, 1.807) is 18.2 Å². The minimum Gasteiger partial charge on any atom is -0.294 e. The topological polar surface area (TPSA) is 30.0 Å². The number of rotatable bonds is 3. The summed E-state index contributed by atoms with van der Waals surface area (Å²) in [6.45, 7) is 0. The van der Waals surface area contributed by atoms with Gasteiger partial charge in [0.15, 0.2) is 5.78 Å². The van der Waals surface area contributed by atoms with Crippen molar-refractivity contribution in [3.8, 4) is 0 Å². The second-order valence-electron chi connectivity index (χ2n) is 3.69. The lowest BCUT2D eigenvalue weighted by molar-refractivity contribution is 0.0992. The second-order valence-corrected chi connectivity index (χ2v) is 4.51. The number of aromatic nitrogens is 1. The third-order valence-corrected chi connectivity index (χ3v) is 3.13. The van der Waals surface area contributed by atoms with Gasteiger partial charge in [0.05, 0.1) is 6.20 Å². The number of hydrogen-bond acceptors (Lipinski definition) is 2. The number of Topliss-reactive ketones (excluding diaryl/α,β-unsaturated/α-hetero) is 1. The summed E-state index contributed by atoms with van der Waals surface area (Å²) in [5.74, 6) is -0.830. The fourth-order valence-corrected chi connectivity index (χ4v) is 2.06. The molecule has 0 bridgehead atoms. The fraction of sp³-hybridized carbons (Fsp3) is 0.0769.